The summed E-state index contributed by atoms with van der Waals surface area (Å²) >= 11 is 0. The van der Waals surface area contributed by atoms with Gasteiger partial charge in [0, 0.05) is 18.9 Å². The van der Waals surface area contributed by atoms with Crippen LogP contribution in [-0.4, -0.2) is 42.3 Å². The van der Waals surface area contributed by atoms with Gasteiger partial charge in [-0.3, -0.25) is 9.59 Å². The molecule has 0 aliphatic heterocycles. The molecule has 7 heteroatoms. The van der Waals surface area contributed by atoms with Crippen LogP contribution in [-0.2, 0) is 14.3 Å². The molecule has 2 aromatic carbocycles. The summed E-state index contributed by atoms with van der Waals surface area (Å²) in [6.07, 6.45) is 1.69. The van der Waals surface area contributed by atoms with Gasteiger partial charge in [-0.25, -0.2) is 4.79 Å². The van der Waals surface area contributed by atoms with Gasteiger partial charge in [0.1, 0.15) is 12.6 Å². The summed E-state index contributed by atoms with van der Waals surface area (Å²) in [6, 6.07) is 15.3. The van der Waals surface area contributed by atoms with Crippen LogP contribution >= 0.6 is 0 Å². The van der Waals surface area contributed by atoms with Gasteiger partial charge in [-0.2, -0.15) is 0 Å². The smallest absolute Gasteiger partial charge is 0.407 e. The molecule has 0 radical (unpaired) electrons. The zero-order valence-electron chi connectivity index (χ0n) is 18.8. The van der Waals surface area contributed by atoms with E-state index in [0.717, 1.165) is 22.3 Å². The fourth-order valence-corrected chi connectivity index (χ4v) is 4.16. The molecule has 0 saturated heterocycles. The lowest BCUT2D eigenvalue weighted by Crippen LogP contribution is -2.47. The van der Waals surface area contributed by atoms with Crippen molar-refractivity contribution >= 4 is 18.0 Å². The van der Waals surface area contributed by atoms with E-state index in [1.54, 1.807) is 6.08 Å². The highest BCUT2D eigenvalue weighted by Crippen LogP contribution is 2.44. The molecule has 2 unspecified atom stereocenters. The predicted octanol–water partition coefficient (Wildman–Crippen LogP) is 4.09. The number of fused-ring (bicyclic) bond motifs is 3. The third-order valence-corrected chi connectivity index (χ3v) is 5.96. The number of hydrogen-bond acceptors (Lipinski definition) is 4. The molecular formula is C26H30N2O5. The highest BCUT2D eigenvalue weighted by Gasteiger charge is 2.29. The van der Waals surface area contributed by atoms with Crippen molar-refractivity contribution < 1.29 is 24.2 Å². The van der Waals surface area contributed by atoms with Gasteiger partial charge in [-0.15, -0.1) is 6.58 Å². The van der Waals surface area contributed by atoms with E-state index in [0.29, 0.717) is 6.42 Å². The topological polar surface area (TPSA) is 105 Å². The lowest BCUT2D eigenvalue weighted by atomic mass is 9.98. The van der Waals surface area contributed by atoms with Gasteiger partial charge < -0.3 is 20.5 Å². The largest absolute Gasteiger partial charge is 0.481 e. The summed E-state index contributed by atoms with van der Waals surface area (Å²) < 4.78 is 5.52. The van der Waals surface area contributed by atoms with Gasteiger partial charge in [0.05, 0.1) is 0 Å². The Morgan fingerprint density at radius 2 is 1.70 bits per heavy atom. The number of carbonyl (C=O) groups excluding carboxylic acids is 2. The number of carboxylic acids is 1. The number of amides is 2. The number of benzene rings is 2. The molecule has 2 amide bonds. The minimum Gasteiger partial charge on any atom is -0.481 e. The molecule has 0 fully saturated rings. The van der Waals surface area contributed by atoms with Crippen molar-refractivity contribution in [2.24, 2.45) is 5.92 Å². The van der Waals surface area contributed by atoms with Gasteiger partial charge in [0.15, 0.2) is 0 Å². The molecule has 0 aromatic heterocycles. The maximum Gasteiger partial charge on any atom is 0.407 e. The minimum absolute atomic E-state index is 0.0251. The zero-order valence-corrected chi connectivity index (χ0v) is 18.8. The summed E-state index contributed by atoms with van der Waals surface area (Å²) in [6.45, 7) is 5.90. The Hall–Kier alpha value is -3.61. The molecule has 0 saturated carbocycles. The maximum atomic E-state index is 12.6. The summed E-state index contributed by atoms with van der Waals surface area (Å²) in [5, 5.41) is 14.3. The Morgan fingerprint density at radius 1 is 1.09 bits per heavy atom. The van der Waals surface area contributed by atoms with Gasteiger partial charge in [0.2, 0.25) is 5.91 Å². The van der Waals surface area contributed by atoms with E-state index in [1.807, 2.05) is 43.3 Å². The fourth-order valence-electron chi connectivity index (χ4n) is 4.16. The van der Waals surface area contributed by atoms with E-state index >= 15 is 0 Å². The standard InChI is InChI=1S/C26H30N2O5/c1-3-9-23(25(31)27-15-17(4-2)14-24(29)30)28-26(32)33-16-22-20-12-7-5-10-18(20)19-11-6-8-13-21(19)22/h3,5-8,10-13,17,22-23H,1,4,9,14-16H2,2H3,(H,27,31)(H,28,32)(H,29,30). The second kappa shape index (κ2) is 11.3. The Kier molecular flexibility index (Phi) is 8.24. The Balaban J connectivity index is 1.59. The van der Waals surface area contributed by atoms with Crippen molar-refractivity contribution in [3.63, 3.8) is 0 Å². The van der Waals surface area contributed by atoms with Crippen molar-refractivity contribution in [1.82, 2.24) is 10.6 Å². The van der Waals surface area contributed by atoms with Gasteiger partial charge in [0.25, 0.3) is 0 Å². The molecule has 1 aliphatic carbocycles. The highest BCUT2D eigenvalue weighted by molar-refractivity contribution is 5.86. The number of nitrogens with one attached hydrogen (secondary N) is 2. The zero-order chi connectivity index (χ0) is 23.8. The molecule has 1 aliphatic rings. The normalized spacial score (nSPS) is 13.8. The molecule has 2 aromatic rings. The van der Waals surface area contributed by atoms with Gasteiger partial charge in [-0.05, 0) is 34.6 Å². The van der Waals surface area contributed by atoms with Crippen LogP contribution in [0.5, 0.6) is 0 Å². The van der Waals surface area contributed by atoms with Crippen molar-refractivity contribution in [1.29, 1.82) is 0 Å². The van der Waals surface area contributed by atoms with Crippen LogP contribution in [0.1, 0.15) is 43.2 Å². The molecule has 2 atom stereocenters. The van der Waals surface area contributed by atoms with Crippen molar-refractivity contribution in [3.05, 3.63) is 72.3 Å². The Bertz CT molecular complexity index is 974. The number of carboxylic acid groups (broad SMARTS) is 1. The van der Waals surface area contributed by atoms with E-state index in [-0.39, 0.29) is 37.8 Å². The summed E-state index contributed by atoms with van der Waals surface area (Å²) in [5.41, 5.74) is 4.49. The number of ether oxygens (including phenoxy) is 1. The van der Waals surface area contributed by atoms with Crippen LogP contribution in [0, 0.1) is 5.92 Å². The maximum absolute atomic E-state index is 12.6. The first-order valence-electron chi connectivity index (χ1n) is 11.2. The third kappa shape index (κ3) is 6.00. The van der Waals surface area contributed by atoms with E-state index in [2.05, 4.69) is 29.3 Å². The number of aliphatic carboxylic acids is 1. The molecule has 174 valence electrons. The lowest BCUT2D eigenvalue weighted by Gasteiger charge is -2.20. The second-order valence-electron chi connectivity index (χ2n) is 8.16. The number of carbonyl (C=O) groups is 3. The molecule has 0 heterocycles. The third-order valence-electron chi connectivity index (χ3n) is 5.96. The van der Waals surface area contributed by atoms with Crippen LogP contribution in [0.15, 0.2) is 61.2 Å². The van der Waals surface area contributed by atoms with Crippen molar-refractivity contribution in [3.8, 4) is 11.1 Å². The summed E-state index contributed by atoms with van der Waals surface area (Å²) in [4.78, 5) is 36.0. The lowest BCUT2D eigenvalue weighted by molar-refractivity contribution is -0.138. The van der Waals surface area contributed by atoms with E-state index in [1.165, 1.54) is 0 Å². The summed E-state index contributed by atoms with van der Waals surface area (Å²) in [5.74, 6) is -1.55. The van der Waals surface area contributed by atoms with E-state index in [9.17, 15) is 14.4 Å². The predicted molar refractivity (Wildman–Crippen MR) is 126 cm³/mol. The molecular weight excluding hydrogens is 420 g/mol. The van der Waals surface area contributed by atoms with Gasteiger partial charge >= 0.3 is 12.1 Å². The Labute approximate surface area is 193 Å². The Morgan fingerprint density at radius 3 is 2.24 bits per heavy atom. The van der Waals surface area contributed by atoms with Crippen LogP contribution in [0.3, 0.4) is 0 Å². The van der Waals surface area contributed by atoms with E-state index < -0.39 is 24.0 Å². The first kappa shape index (κ1) is 24.0. The SMILES string of the molecule is C=CCC(NC(=O)OCC1c2ccccc2-c2ccccc21)C(=O)NCC(CC)CC(=O)O. The molecule has 0 bridgehead atoms. The van der Waals surface area contributed by atoms with Crippen LogP contribution in [0.25, 0.3) is 11.1 Å². The van der Waals surface area contributed by atoms with Gasteiger partial charge in [-0.1, -0.05) is 68.0 Å². The van der Waals surface area contributed by atoms with Crippen LogP contribution < -0.4 is 10.6 Å². The molecule has 7 nitrogen and oxygen atoms in total. The molecule has 3 rings (SSSR count). The first-order valence-corrected chi connectivity index (χ1v) is 11.2. The van der Waals surface area contributed by atoms with E-state index in [4.69, 9.17) is 9.84 Å². The monoisotopic (exact) mass is 450 g/mol. The second-order valence-corrected chi connectivity index (χ2v) is 8.16. The number of rotatable bonds is 11. The number of alkyl carbamates (subject to hydrolysis) is 1. The minimum atomic E-state index is -0.907. The molecule has 0 spiro atoms. The average molecular weight is 451 g/mol. The van der Waals surface area contributed by atoms with Crippen molar-refractivity contribution in [2.45, 2.75) is 38.1 Å². The summed E-state index contributed by atoms with van der Waals surface area (Å²) in [7, 11) is 0. The average Bonchev–Trinajstić information content (AvgIpc) is 3.13. The first-order chi connectivity index (χ1) is 15.9. The van der Waals surface area contributed by atoms with Crippen LogP contribution in [0.4, 0.5) is 4.79 Å². The molecule has 3 N–H and O–H groups in total. The highest BCUT2D eigenvalue weighted by atomic mass is 16.5. The molecule has 33 heavy (non-hydrogen) atoms. The fraction of sp³-hybridized carbons (Fsp3) is 0.346. The van der Waals surface area contributed by atoms with Crippen LogP contribution in [0.2, 0.25) is 0 Å². The van der Waals surface area contributed by atoms with Crippen molar-refractivity contribution in [2.75, 3.05) is 13.2 Å². The quantitative estimate of drug-likeness (QED) is 0.447. The number of hydrogen-bond donors (Lipinski definition) is 3.